The monoisotopic (exact) mass is 312 g/mol. The van der Waals surface area contributed by atoms with E-state index >= 15 is 0 Å². The van der Waals surface area contributed by atoms with E-state index in [1.54, 1.807) is 0 Å². The minimum absolute atomic E-state index is 0.0311. The number of ether oxygens (including phenoxy) is 1. The number of hydrogen-bond donors (Lipinski definition) is 1. The fourth-order valence-corrected chi connectivity index (χ4v) is 3.60. The number of nitrogens with one attached hydrogen (secondary N) is 1. The summed E-state index contributed by atoms with van der Waals surface area (Å²) in [5, 5.41) is 6.85. The Kier molecular flexibility index (Phi) is 3.83. The molecule has 1 amide bonds. The molecular formula is C17H20N4O2. The highest BCUT2D eigenvalue weighted by molar-refractivity contribution is 5.83. The molecule has 0 unspecified atom stereocenters. The molecule has 1 fully saturated rings. The summed E-state index contributed by atoms with van der Waals surface area (Å²) in [5.74, 6) is 0.806. The van der Waals surface area contributed by atoms with Gasteiger partial charge in [0.15, 0.2) is 6.10 Å². The third-order valence-electron chi connectivity index (χ3n) is 4.75. The van der Waals surface area contributed by atoms with E-state index in [0.29, 0.717) is 6.61 Å². The predicted molar refractivity (Wildman–Crippen MR) is 83.5 cm³/mol. The number of likely N-dealkylation sites (tertiary alicyclic amines) is 1. The van der Waals surface area contributed by atoms with Crippen molar-refractivity contribution >= 4 is 5.91 Å². The Bertz CT molecular complexity index is 686. The molecule has 1 saturated heterocycles. The molecule has 3 heterocycles. The fraction of sp³-hybridized carbons (Fsp3) is 0.471. The van der Waals surface area contributed by atoms with Crippen molar-refractivity contribution in [2.24, 2.45) is 0 Å². The Morgan fingerprint density at radius 1 is 1.30 bits per heavy atom. The van der Waals surface area contributed by atoms with E-state index in [-0.39, 0.29) is 11.9 Å². The maximum absolute atomic E-state index is 13.2. The normalized spacial score (nSPS) is 24.3. The summed E-state index contributed by atoms with van der Waals surface area (Å²) in [6, 6.07) is 8.05. The number of carbonyl (C=O) groups excluding carboxylic acids is 1. The van der Waals surface area contributed by atoms with Gasteiger partial charge in [-0.15, -0.1) is 0 Å². The first-order valence-corrected chi connectivity index (χ1v) is 8.20. The van der Waals surface area contributed by atoms with Gasteiger partial charge in [-0.2, -0.15) is 5.10 Å². The quantitative estimate of drug-likeness (QED) is 0.922. The molecule has 4 rings (SSSR count). The topological polar surface area (TPSA) is 71.1 Å². The number of amides is 1. The van der Waals surface area contributed by atoms with Crippen molar-refractivity contribution in [2.45, 2.75) is 37.8 Å². The molecule has 0 radical (unpaired) electrons. The molecular weight excluding hydrogens is 292 g/mol. The number of piperidine rings is 1. The lowest BCUT2D eigenvalue weighted by molar-refractivity contribution is -0.149. The molecule has 2 atom stereocenters. The average Bonchev–Trinajstić information content (AvgIpc) is 3.15. The average molecular weight is 312 g/mol. The van der Waals surface area contributed by atoms with Crippen molar-refractivity contribution < 1.29 is 9.53 Å². The maximum atomic E-state index is 13.2. The SMILES string of the molecule is O=C([C@H]1OCCc2ccccc21)N1CCCC[C@H]1c1ncn[nH]1. The zero-order chi connectivity index (χ0) is 15.6. The van der Waals surface area contributed by atoms with Gasteiger partial charge < -0.3 is 9.64 Å². The van der Waals surface area contributed by atoms with Gasteiger partial charge in [-0.1, -0.05) is 24.3 Å². The standard InChI is InChI=1S/C17H20N4O2/c22-17(15-13-6-2-1-5-12(13)8-10-23-15)21-9-4-3-7-14(21)16-18-11-19-20-16/h1-2,5-6,11,14-15H,3-4,7-10H2,(H,18,19,20)/t14-,15-/m0/s1. The van der Waals surface area contributed by atoms with Gasteiger partial charge in [-0.3, -0.25) is 9.89 Å². The lowest BCUT2D eigenvalue weighted by atomic mass is 9.94. The highest BCUT2D eigenvalue weighted by Crippen LogP contribution is 2.34. The number of rotatable bonds is 2. The van der Waals surface area contributed by atoms with Crippen molar-refractivity contribution in [1.82, 2.24) is 20.1 Å². The van der Waals surface area contributed by atoms with Crippen LogP contribution in [-0.2, 0) is 16.0 Å². The molecule has 6 heteroatoms. The molecule has 1 N–H and O–H groups in total. The predicted octanol–water partition coefficient (Wildman–Crippen LogP) is 2.17. The van der Waals surface area contributed by atoms with Gasteiger partial charge in [0.05, 0.1) is 12.6 Å². The maximum Gasteiger partial charge on any atom is 0.256 e. The van der Waals surface area contributed by atoms with Crippen LogP contribution in [-0.4, -0.2) is 39.1 Å². The van der Waals surface area contributed by atoms with Gasteiger partial charge in [0.25, 0.3) is 5.91 Å². The van der Waals surface area contributed by atoms with Gasteiger partial charge in [0.1, 0.15) is 12.2 Å². The Hall–Kier alpha value is -2.21. The molecule has 2 aliphatic rings. The molecule has 2 aliphatic heterocycles. The second-order valence-electron chi connectivity index (χ2n) is 6.11. The number of H-pyrrole nitrogens is 1. The van der Waals surface area contributed by atoms with Crippen LogP contribution >= 0.6 is 0 Å². The van der Waals surface area contributed by atoms with E-state index in [9.17, 15) is 4.79 Å². The van der Waals surface area contributed by atoms with Crippen molar-refractivity contribution in [2.75, 3.05) is 13.2 Å². The van der Waals surface area contributed by atoms with E-state index in [1.165, 1.54) is 11.9 Å². The zero-order valence-corrected chi connectivity index (χ0v) is 12.9. The molecule has 0 saturated carbocycles. The first-order chi connectivity index (χ1) is 11.3. The van der Waals surface area contributed by atoms with E-state index in [1.807, 2.05) is 23.1 Å². The van der Waals surface area contributed by atoms with Crippen LogP contribution in [0.4, 0.5) is 0 Å². The first kappa shape index (κ1) is 14.4. The fourth-order valence-electron chi connectivity index (χ4n) is 3.60. The highest BCUT2D eigenvalue weighted by atomic mass is 16.5. The van der Waals surface area contributed by atoms with Crippen molar-refractivity contribution in [3.05, 3.63) is 47.5 Å². The van der Waals surface area contributed by atoms with E-state index in [2.05, 4.69) is 21.2 Å². The van der Waals surface area contributed by atoms with Crippen LogP contribution in [0, 0.1) is 0 Å². The lowest BCUT2D eigenvalue weighted by Crippen LogP contribution is -2.43. The van der Waals surface area contributed by atoms with Crippen LogP contribution in [0.5, 0.6) is 0 Å². The molecule has 0 aliphatic carbocycles. The van der Waals surface area contributed by atoms with Crippen molar-refractivity contribution in [1.29, 1.82) is 0 Å². The van der Waals surface area contributed by atoms with Crippen LogP contribution in [0.15, 0.2) is 30.6 Å². The molecule has 120 valence electrons. The van der Waals surface area contributed by atoms with Gasteiger partial charge in [0.2, 0.25) is 0 Å². The van der Waals surface area contributed by atoms with Gasteiger partial charge >= 0.3 is 0 Å². The summed E-state index contributed by atoms with van der Waals surface area (Å²) in [5.41, 5.74) is 2.22. The van der Waals surface area contributed by atoms with Gasteiger partial charge in [-0.25, -0.2) is 4.98 Å². The molecule has 6 nitrogen and oxygen atoms in total. The second-order valence-corrected chi connectivity index (χ2v) is 6.11. The number of aromatic amines is 1. The third kappa shape index (κ3) is 2.63. The minimum atomic E-state index is -0.497. The molecule has 1 aromatic carbocycles. The molecule has 0 spiro atoms. The summed E-state index contributed by atoms with van der Waals surface area (Å²) < 4.78 is 5.85. The number of aromatic nitrogens is 3. The van der Waals surface area contributed by atoms with Gasteiger partial charge in [0, 0.05) is 6.54 Å². The van der Waals surface area contributed by atoms with Crippen LogP contribution in [0.25, 0.3) is 0 Å². The smallest absolute Gasteiger partial charge is 0.256 e. The Balaban J connectivity index is 1.63. The minimum Gasteiger partial charge on any atom is -0.363 e. The van der Waals surface area contributed by atoms with Crippen molar-refractivity contribution in [3.63, 3.8) is 0 Å². The number of hydrogen-bond acceptors (Lipinski definition) is 4. The molecule has 0 bridgehead atoms. The summed E-state index contributed by atoms with van der Waals surface area (Å²) >= 11 is 0. The number of nitrogens with zero attached hydrogens (tertiary/aromatic N) is 3. The van der Waals surface area contributed by atoms with E-state index in [0.717, 1.165) is 43.6 Å². The van der Waals surface area contributed by atoms with E-state index in [4.69, 9.17) is 4.74 Å². The Morgan fingerprint density at radius 3 is 3.09 bits per heavy atom. The zero-order valence-electron chi connectivity index (χ0n) is 12.9. The third-order valence-corrected chi connectivity index (χ3v) is 4.75. The Morgan fingerprint density at radius 2 is 2.22 bits per heavy atom. The molecule has 2 aromatic rings. The number of carbonyl (C=O) groups is 1. The lowest BCUT2D eigenvalue weighted by Gasteiger charge is -2.37. The van der Waals surface area contributed by atoms with Crippen LogP contribution in [0.1, 0.15) is 48.4 Å². The summed E-state index contributed by atoms with van der Waals surface area (Å²) in [4.78, 5) is 19.3. The molecule has 1 aromatic heterocycles. The summed E-state index contributed by atoms with van der Waals surface area (Å²) in [6.45, 7) is 1.33. The summed E-state index contributed by atoms with van der Waals surface area (Å²) in [7, 11) is 0. The van der Waals surface area contributed by atoms with Crippen LogP contribution < -0.4 is 0 Å². The van der Waals surface area contributed by atoms with Crippen LogP contribution in [0.3, 0.4) is 0 Å². The number of fused-ring (bicyclic) bond motifs is 1. The highest BCUT2D eigenvalue weighted by Gasteiger charge is 2.36. The van der Waals surface area contributed by atoms with Gasteiger partial charge in [-0.05, 0) is 36.8 Å². The Labute approximate surface area is 134 Å². The van der Waals surface area contributed by atoms with E-state index < -0.39 is 6.10 Å². The first-order valence-electron chi connectivity index (χ1n) is 8.20. The molecule has 23 heavy (non-hydrogen) atoms. The van der Waals surface area contributed by atoms with Crippen LogP contribution in [0.2, 0.25) is 0 Å². The van der Waals surface area contributed by atoms with Crippen molar-refractivity contribution in [3.8, 4) is 0 Å². The largest absolute Gasteiger partial charge is 0.363 e. The summed E-state index contributed by atoms with van der Waals surface area (Å²) in [6.07, 6.45) is 4.89. The second kappa shape index (κ2) is 6.12. The number of benzene rings is 1.